The van der Waals surface area contributed by atoms with Gasteiger partial charge >= 0.3 is 0 Å². The highest BCUT2D eigenvalue weighted by Gasteiger charge is 2.00. The summed E-state index contributed by atoms with van der Waals surface area (Å²) in [5.74, 6) is 1.14. The summed E-state index contributed by atoms with van der Waals surface area (Å²) in [5.41, 5.74) is 5.27. The molecule has 0 aliphatic carbocycles. The smallest absolute Gasteiger partial charge is 0.250 e. The Hall–Kier alpha value is -0.940. The predicted octanol–water partition coefficient (Wildman–Crippen LogP) is -0.0542. The molecule has 0 bridgehead atoms. The minimum Gasteiger partial charge on any atom is -0.330 e. The summed E-state index contributed by atoms with van der Waals surface area (Å²) in [5, 5.41) is 0. The first-order chi connectivity index (χ1) is 7.24. The summed E-state index contributed by atoms with van der Waals surface area (Å²) >= 11 is 0. The minimum atomic E-state index is -0.868. The highest BCUT2D eigenvalue weighted by Crippen LogP contribution is 1.89. The number of aryl methyl sites for hydroxylation is 1. The monoisotopic (exact) mass is 228 g/mol. The quantitative estimate of drug-likeness (QED) is 0.742. The third-order valence-corrected chi connectivity index (χ3v) is 3.42. The van der Waals surface area contributed by atoms with Gasteiger partial charge in [-0.25, -0.2) is 0 Å². The molecule has 0 aromatic carbocycles. The number of hydrogen-bond donors (Lipinski definition) is 1. The molecule has 2 N–H and O–H groups in total. The maximum Gasteiger partial charge on any atom is 0.250 e. The van der Waals surface area contributed by atoms with Gasteiger partial charge in [0.2, 0.25) is 0 Å². The van der Waals surface area contributed by atoms with E-state index in [9.17, 15) is 9.00 Å². The molecule has 1 heterocycles. The lowest BCUT2D eigenvalue weighted by molar-refractivity contribution is 0.666. The fourth-order valence-corrected chi connectivity index (χ4v) is 2.29. The Balaban J connectivity index is 2.40. The zero-order chi connectivity index (χ0) is 11.1. The summed E-state index contributed by atoms with van der Waals surface area (Å²) < 4.78 is 13.0. The van der Waals surface area contributed by atoms with Gasteiger partial charge in [-0.15, -0.1) is 0 Å². The van der Waals surface area contributed by atoms with E-state index in [1.807, 2.05) is 0 Å². The van der Waals surface area contributed by atoms with Crippen molar-refractivity contribution in [2.24, 2.45) is 5.73 Å². The molecule has 84 valence electrons. The maximum absolute atomic E-state index is 11.4. The zero-order valence-electron chi connectivity index (χ0n) is 8.59. The van der Waals surface area contributed by atoms with Crippen LogP contribution in [-0.4, -0.2) is 26.8 Å². The first-order valence-corrected chi connectivity index (χ1v) is 6.43. The second-order valence-electron chi connectivity index (χ2n) is 3.22. The van der Waals surface area contributed by atoms with Crippen LogP contribution < -0.4 is 11.3 Å². The highest BCUT2D eigenvalue weighted by molar-refractivity contribution is 7.84. The molecule has 0 amide bonds. The Kier molecular flexibility index (Phi) is 5.28. The number of nitrogens with two attached hydrogens (primary N) is 1. The van der Waals surface area contributed by atoms with Gasteiger partial charge in [0.15, 0.2) is 0 Å². The third kappa shape index (κ3) is 4.40. The predicted molar refractivity (Wildman–Crippen MR) is 62.2 cm³/mol. The fraction of sp³-hybridized carbons (Fsp3) is 0.500. The molecular formula is C10H16N2O2S. The molecule has 1 aromatic rings. The van der Waals surface area contributed by atoms with Crippen LogP contribution in [0.1, 0.15) is 6.42 Å². The van der Waals surface area contributed by atoms with Gasteiger partial charge in [-0.1, -0.05) is 6.07 Å². The Morgan fingerprint density at radius 3 is 2.80 bits per heavy atom. The van der Waals surface area contributed by atoms with Gasteiger partial charge < -0.3 is 10.3 Å². The summed E-state index contributed by atoms with van der Waals surface area (Å²) in [4.78, 5) is 11.3. The van der Waals surface area contributed by atoms with Crippen molar-refractivity contribution in [2.75, 3.05) is 18.1 Å². The lowest BCUT2D eigenvalue weighted by Crippen LogP contribution is -2.21. The van der Waals surface area contributed by atoms with Crippen molar-refractivity contribution in [3.05, 3.63) is 34.7 Å². The maximum atomic E-state index is 11.4. The van der Waals surface area contributed by atoms with E-state index in [2.05, 4.69) is 0 Å². The van der Waals surface area contributed by atoms with Crippen molar-refractivity contribution in [2.45, 2.75) is 13.0 Å². The summed E-state index contributed by atoms with van der Waals surface area (Å²) in [6, 6.07) is 5.00. The van der Waals surface area contributed by atoms with Crippen LogP contribution in [0.25, 0.3) is 0 Å². The fourth-order valence-electron chi connectivity index (χ4n) is 1.19. The van der Waals surface area contributed by atoms with Gasteiger partial charge in [0.25, 0.3) is 5.56 Å². The van der Waals surface area contributed by atoms with E-state index in [0.29, 0.717) is 24.6 Å². The van der Waals surface area contributed by atoms with Crippen LogP contribution in [0.15, 0.2) is 29.2 Å². The molecule has 0 spiro atoms. The van der Waals surface area contributed by atoms with E-state index >= 15 is 0 Å². The lowest BCUT2D eigenvalue weighted by Gasteiger charge is -2.04. The van der Waals surface area contributed by atoms with E-state index < -0.39 is 10.8 Å². The van der Waals surface area contributed by atoms with E-state index in [1.165, 1.54) is 6.07 Å². The molecule has 0 saturated carbocycles. The Morgan fingerprint density at radius 1 is 1.33 bits per heavy atom. The van der Waals surface area contributed by atoms with Gasteiger partial charge in [0.05, 0.1) is 0 Å². The van der Waals surface area contributed by atoms with Gasteiger partial charge in [0, 0.05) is 41.1 Å². The number of aromatic nitrogens is 1. The molecule has 15 heavy (non-hydrogen) atoms. The standard InChI is InChI=1S/C10H16N2O2S/c11-5-3-8-15(14)9-7-12-6-2-1-4-10(12)13/h1-2,4,6H,3,5,7-9,11H2. The van der Waals surface area contributed by atoms with Gasteiger partial charge in [-0.2, -0.15) is 0 Å². The van der Waals surface area contributed by atoms with E-state index in [-0.39, 0.29) is 5.56 Å². The normalized spacial score (nSPS) is 12.6. The van der Waals surface area contributed by atoms with Crippen LogP contribution >= 0.6 is 0 Å². The molecule has 0 fully saturated rings. The van der Waals surface area contributed by atoms with E-state index in [0.717, 1.165) is 6.42 Å². The Labute approximate surface area is 91.6 Å². The molecule has 0 saturated heterocycles. The van der Waals surface area contributed by atoms with Gasteiger partial charge in [0.1, 0.15) is 0 Å². The number of rotatable bonds is 6. The first kappa shape index (κ1) is 12.1. The molecule has 0 aliphatic rings. The number of nitrogens with zero attached hydrogens (tertiary/aromatic N) is 1. The van der Waals surface area contributed by atoms with Crippen LogP contribution in [0.5, 0.6) is 0 Å². The van der Waals surface area contributed by atoms with Crippen LogP contribution in [0.2, 0.25) is 0 Å². The molecule has 1 atom stereocenters. The molecule has 5 heteroatoms. The average Bonchev–Trinajstić information content (AvgIpc) is 2.25. The van der Waals surface area contributed by atoms with Crippen molar-refractivity contribution in [1.82, 2.24) is 4.57 Å². The van der Waals surface area contributed by atoms with Crippen LogP contribution in [-0.2, 0) is 17.3 Å². The first-order valence-electron chi connectivity index (χ1n) is 4.94. The van der Waals surface area contributed by atoms with Crippen molar-refractivity contribution in [3.63, 3.8) is 0 Å². The van der Waals surface area contributed by atoms with Crippen LogP contribution in [0.3, 0.4) is 0 Å². The summed E-state index contributed by atoms with van der Waals surface area (Å²) in [6.45, 7) is 1.08. The van der Waals surface area contributed by atoms with Crippen LogP contribution in [0, 0.1) is 0 Å². The van der Waals surface area contributed by atoms with E-state index in [1.54, 1.807) is 22.9 Å². The molecule has 0 radical (unpaired) electrons. The van der Waals surface area contributed by atoms with Crippen molar-refractivity contribution < 1.29 is 4.21 Å². The van der Waals surface area contributed by atoms with Crippen molar-refractivity contribution in [1.29, 1.82) is 0 Å². The van der Waals surface area contributed by atoms with Crippen molar-refractivity contribution >= 4 is 10.8 Å². The van der Waals surface area contributed by atoms with Crippen molar-refractivity contribution in [3.8, 4) is 0 Å². The lowest BCUT2D eigenvalue weighted by atomic mass is 10.5. The number of hydrogen-bond acceptors (Lipinski definition) is 3. The van der Waals surface area contributed by atoms with Crippen LogP contribution in [0.4, 0.5) is 0 Å². The summed E-state index contributed by atoms with van der Waals surface area (Å²) in [7, 11) is -0.868. The Bertz CT molecular complexity index is 376. The largest absolute Gasteiger partial charge is 0.330 e. The second kappa shape index (κ2) is 6.53. The third-order valence-electron chi connectivity index (χ3n) is 2.03. The highest BCUT2D eigenvalue weighted by atomic mass is 32.2. The van der Waals surface area contributed by atoms with Gasteiger partial charge in [-0.3, -0.25) is 9.00 Å². The number of pyridine rings is 1. The molecule has 0 aliphatic heterocycles. The molecule has 1 unspecified atom stereocenters. The second-order valence-corrected chi connectivity index (χ2v) is 4.92. The summed E-state index contributed by atoms with van der Waals surface area (Å²) in [6.07, 6.45) is 2.48. The zero-order valence-corrected chi connectivity index (χ0v) is 9.41. The Morgan fingerprint density at radius 2 is 2.13 bits per heavy atom. The average molecular weight is 228 g/mol. The molecule has 4 nitrogen and oxygen atoms in total. The molecular weight excluding hydrogens is 212 g/mol. The SMILES string of the molecule is NCCCS(=O)CCn1ccccc1=O. The molecule has 1 rings (SSSR count). The van der Waals surface area contributed by atoms with E-state index in [4.69, 9.17) is 5.73 Å². The minimum absolute atomic E-state index is 0.0478. The molecule has 1 aromatic heterocycles. The topological polar surface area (TPSA) is 65.1 Å². The van der Waals surface area contributed by atoms with Gasteiger partial charge in [-0.05, 0) is 19.0 Å².